The Balaban J connectivity index is 2.00. The summed E-state index contributed by atoms with van der Waals surface area (Å²) in [6.45, 7) is 0.400. The van der Waals surface area contributed by atoms with Gasteiger partial charge in [-0.3, -0.25) is 4.98 Å². The zero-order valence-electron chi connectivity index (χ0n) is 8.55. The zero-order chi connectivity index (χ0) is 11.2. The zero-order valence-corrected chi connectivity index (χ0v) is 8.55. The molecule has 0 aliphatic rings. The van der Waals surface area contributed by atoms with Crippen LogP contribution in [0.5, 0.6) is 0 Å². The number of azo groups is 1. The molecule has 1 aromatic heterocycles. The van der Waals surface area contributed by atoms with Crippen molar-refractivity contribution in [1.29, 1.82) is 0 Å². The van der Waals surface area contributed by atoms with Crippen molar-refractivity contribution in [3.63, 3.8) is 0 Å². The van der Waals surface area contributed by atoms with Crippen LogP contribution in [0.3, 0.4) is 0 Å². The van der Waals surface area contributed by atoms with E-state index in [2.05, 4.69) is 15.2 Å². The van der Waals surface area contributed by atoms with Gasteiger partial charge in [-0.05, 0) is 24.3 Å². The van der Waals surface area contributed by atoms with Crippen LogP contribution in [0.2, 0.25) is 0 Å². The van der Waals surface area contributed by atoms with Crippen LogP contribution in [0.1, 0.15) is 5.69 Å². The van der Waals surface area contributed by atoms with Crippen LogP contribution in [-0.4, -0.2) is 4.98 Å². The second kappa shape index (κ2) is 5.11. The van der Waals surface area contributed by atoms with E-state index in [1.165, 1.54) is 12.1 Å². The Kier molecular flexibility index (Phi) is 3.33. The third-order valence-corrected chi connectivity index (χ3v) is 1.95. The number of pyridine rings is 1. The third-order valence-electron chi connectivity index (χ3n) is 1.95. The lowest BCUT2D eigenvalue weighted by molar-refractivity contribution is 0.628. The van der Waals surface area contributed by atoms with Gasteiger partial charge in [0.1, 0.15) is 12.4 Å². The highest BCUT2D eigenvalue weighted by Gasteiger charge is 1.93. The molecule has 1 aromatic carbocycles. The molecule has 0 spiro atoms. The van der Waals surface area contributed by atoms with Crippen LogP contribution in [0.25, 0.3) is 0 Å². The van der Waals surface area contributed by atoms with E-state index < -0.39 is 0 Å². The molecule has 0 fully saturated rings. The van der Waals surface area contributed by atoms with Crippen molar-refractivity contribution in [1.82, 2.24) is 4.98 Å². The maximum Gasteiger partial charge on any atom is 0.125 e. The van der Waals surface area contributed by atoms with Crippen molar-refractivity contribution >= 4 is 5.69 Å². The molecular formula is C12H10FN3. The number of nitrogens with zero attached hydrogens (tertiary/aromatic N) is 3. The van der Waals surface area contributed by atoms with Crippen LogP contribution in [0.4, 0.5) is 10.1 Å². The van der Waals surface area contributed by atoms with Crippen molar-refractivity contribution in [2.24, 2.45) is 10.2 Å². The molecule has 3 nitrogen and oxygen atoms in total. The second-order valence-electron chi connectivity index (χ2n) is 3.20. The standard InChI is InChI=1S/C12H10FN3/c13-10-4-3-6-11(8-10)16-15-9-12-5-1-2-7-14-12/h1-8H,9H2. The van der Waals surface area contributed by atoms with Crippen LogP contribution < -0.4 is 0 Å². The van der Waals surface area contributed by atoms with E-state index in [4.69, 9.17) is 0 Å². The van der Waals surface area contributed by atoms with Gasteiger partial charge in [0.15, 0.2) is 0 Å². The van der Waals surface area contributed by atoms with Gasteiger partial charge < -0.3 is 0 Å². The molecule has 0 aliphatic carbocycles. The van der Waals surface area contributed by atoms with Crippen molar-refractivity contribution < 1.29 is 4.39 Å². The number of benzene rings is 1. The summed E-state index contributed by atoms with van der Waals surface area (Å²) in [4.78, 5) is 4.10. The van der Waals surface area contributed by atoms with Gasteiger partial charge in [-0.2, -0.15) is 10.2 Å². The molecule has 0 bridgehead atoms. The van der Waals surface area contributed by atoms with Crippen molar-refractivity contribution in [2.45, 2.75) is 6.54 Å². The molecule has 0 amide bonds. The predicted molar refractivity (Wildman–Crippen MR) is 58.9 cm³/mol. The Hall–Kier alpha value is -2.10. The molecule has 2 aromatic rings. The van der Waals surface area contributed by atoms with E-state index in [1.54, 1.807) is 18.3 Å². The van der Waals surface area contributed by atoms with E-state index >= 15 is 0 Å². The minimum absolute atomic E-state index is 0.311. The van der Waals surface area contributed by atoms with E-state index in [1.807, 2.05) is 18.2 Å². The number of rotatable bonds is 3. The van der Waals surface area contributed by atoms with Crippen LogP contribution in [-0.2, 0) is 6.54 Å². The van der Waals surface area contributed by atoms with Gasteiger partial charge in [-0.1, -0.05) is 12.1 Å². The van der Waals surface area contributed by atoms with Gasteiger partial charge in [-0.25, -0.2) is 4.39 Å². The first-order valence-corrected chi connectivity index (χ1v) is 4.87. The molecule has 2 rings (SSSR count). The summed E-state index contributed by atoms with van der Waals surface area (Å²) >= 11 is 0. The summed E-state index contributed by atoms with van der Waals surface area (Å²) in [5.41, 5.74) is 1.35. The fourth-order valence-electron chi connectivity index (χ4n) is 1.22. The van der Waals surface area contributed by atoms with Crippen LogP contribution in [0.15, 0.2) is 58.9 Å². The maximum atomic E-state index is 12.8. The number of aromatic nitrogens is 1. The molecule has 0 unspecified atom stereocenters. The molecule has 80 valence electrons. The number of hydrogen-bond acceptors (Lipinski definition) is 3. The maximum absolute atomic E-state index is 12.8. The van der Waals surface area contributed by atoms with Gasteiger partial charge >= 0.3 is 0 Å². The number of halogens is 1. The lowest BCUT2D eigenvalue weighted by atomic mass is 10.3. The Labute approximate surface area is 92.7 Å². The fraction of sp³-hybridized carbons (Fsp3) is 0.0833. The molecular weight excluding hydrogens is 205 g/mol. The van der Waals surface area contributed by atoms with Crippen molar-refractivity contribution in [2.75, 3.05) is 0 Å². The van der Waals surface area contributed by atoms with Gasteiger partial charge in [0, 0.05) is 12.3 Å². The molecule has 16 heavy (non-hydrogen) atoms. The third kappa shape index (κ3) is 2.95. The highest BCUT2D eigenvalue weighted by Crippen LogP contribution is 2.13. The van der Waals surface area contributed by atoms with Crippen molar-refractivity contribution in [3.05, 3.63) is 60.2 Å². The minimum Gasteiger partial charge on any atom is -0.259 e. The smallest absolute Gasteiger partial charge is 0.125 e. The first-order chi connectivity index (χ1) is 7.84. The lowest BCUT2D eigenvalue weighted by Crippen LogP contribution is -1.83. The molecule has 0 saturated heterocycles. The average molecular weight is 215 g/mol. The average Bonchev–Trinajstić information content (AvgIpc) is 2.30. The molecule has 0 atom stereocenters. The summed E-state index contributed by atoms with van der Waals surface area (Å²) < 4.78 is 12.8. The quantitative estimate of drug-likeness (QED) is 0.722. The van der Waals surface area contributed by atoms with Gasteiger partial charge in [-0.15, -0.1) is 0 Å². The van der Waals surface area contributed by atoms with Crippen LogP contribution in [0, 0.1) is 5.82 Å². The summed E-state index contributed by atoms with van der Waals surface area (Å²) in [7, 11) is 0. The molecule has 0 aliphatic heterocycles. The molecule has 0 saturated carbocycles. The SMILES string of the molecule is Fc1cccc(N=NCc2ccccn2)c1. The van der Waals surface area contributed by atoms with Crippen molar-refractivity contribution in [3.8, 4) is 0 Å². The van der Waals surface area contributed by atoms with E-state index in [0.717, 1.165) is 5.69 Å². The van der Waals surface area contributed by atoms with E-state index in [-0.39, 0.29) is 5.82 Å². The lowest BCUT2D eigenvalue weighted by Gasteiger charge is -1.94. The summed E-state index contributed by atoms with van der Waals surface area (Å²) in [5.74, 6) is -0.311. The first-order valence-electron chi connectivity index (χ1n) is 4.87. The Morgan fingerprint density at radius 2 is 2.06 bits per heavy atom. The Bertz CT molecular complexity index is 483. The van der Waals surface area contributed by atoms with Crippen LogP contribution >= 0.6 is 0 Å². The topological polar surface area (TPSA) is 37.6 Å². The van der Waals surface area contributed by atoms with Gasteiger partial charge in [0.2, 0.25) is 0 Å². The summed E-state index contributed by atoms with van der Waals surface area (Å²) in [6, 6.07) is 11.6. The Morgan fingerprint density at radius 1 is 1.12 bits per heavy atom. The Morgan fingerprint density at radius 3 is 2.81 bits per heavy atom. The second-order valence-corrected chi connectivity index (χ2v) is 3.20. The van der Waals surface area contributed by atoms with E-state index in [9.17, 15) is 4.39 Å². The molecule has 0 radical (unpaired) electrons. The van der Waals surface area contributed by atoms with E-state index in [0.29, 0.717) is 12.2 Å². The predicted octanol–water partition coefficient (Wildman–Crippen LogP) is 3.50. The fourth-order valence-corrected chi connectivity index (χ4v) is 1.22. The normalized spacial score (nSPS) is 10.8. The first kappa shape index (κ1) is 10.4. The van der Waals surface area contributed by atoms with Gasteiger partial charge in [0.05, 0.1) is 11.4 Å². The number of hydrogen-bond donors (Lipinski definition) is 0. The summed E-state index contributed by atoms with van der Waals surface area (Å²) in [6.07, 6.45) is 1.70. The highest BCUT2D eigenvalue weighted by atomic mass is 19.1. The monoisotopic (exact) mass is 215 g/mol. The minimum atomic E-state index is -0.311. The molecule has 4 heteroatoms. The largest absolute Gasteiger partial charge is 0.259 e. The highest BCUT2D eigenvalue weighted by molar-refractivity contribution is 5.35. The van der Waals surface area contributed by atoms with Gasteiger partial charge in [0.25, 0.3) is 0 Å². The summed E-state index contributed by atoms with van der Waals surface area (Å²) in [5, 5.41) is 7.86. The molecule has 0 N–H and O–H groups in total. The molecule has 1 heterocycles.